The molecule has 168 valence electrons. The molecular formula is C21H27N3O5S2. The van der Waals surface area contributed by atoms with Gasteiger partial charge in [0.2, 0.25) is 26.0 Å². The van der Waals surface area contributed by atoms with Crippen LogP contribution in [0.1, 0.15) is 37.3 Å². The quantitative estimate of drug-likeness (QED) is 0.498. The summed E-state index contributed by atoms with van der Waals surface area (Å²) in [6.07, 6.45) is 2.46. The van der Waals surface area contributed by atoms with Crippen molar-refractivity contribution < 1.29 is 21.6 Å². The van der Waals surface area contributed by atoms with Crippen molar-refractivity contribution in [3.05, 3.63) is 53.6 Å². The van der Waals surface area contributed by atoms with E-state index >= 15 is 0 Å². The minimum atomic E-state index is -3.48. The van der Waals surface area contributed by atoms with Gasteiger partial charge in [-0.1, -0.05) is 12.1 Å². The van der Waals surface area contributed by atoms with Crippen LogP contribution in [0.25, 0.3) is 0 Å². The van der Waals surface area contributed by atoms with E-state index in [-0.39, 0.29) is 29.0 Å². The Labute approximate surface area is 183 Å². The van der Waals surface area contributed by atoms with Gasteiger partial charge in [0.15, 0.2) is 0 Å². The molecular weight excluding hydrogens is 438 g/mol. The number of aryl methyl sites for hydroxylation is 2. The normalized spacial score (nSPS) is 14.3. The smallest absolute Gasteiger partial charge is 0.240 e. The molecule has 1 aliphatic carbocycles. The first-order valence-corrected chi connectivity index (χ1v) is 13.2. The van der Waals surface area contributed by atoms with Crippen LogP contribution in [0.3, 0.4) is 0 Å². The summed E-state index contributed by atoms with van der Waals surface area (Å²) in [5.41, 5.74) is 2.62. The van der Waals surface area contributed by atoms with Gasteiger partial charge in [0, 0.05) is 18.2 Å². The van der Waals surface area contributed by atoms with Gasteiger partial charge in [-0.2, -0.15) is 0 Å². The Kier molecular flexibility index (Phi) is 7.03. The van der Waals surface area contributed by atoms with Gasteiger partial charge < -0.3 is 5.32 Å². The molecule has 0 radical (unpaired) electrons. The number of nitrogens with one attached hydrogen (secondary N) is 3. The van der Waals surface area contributed by atoms with Crippen molar-refractivity contribution >= 4 is 37.3 Å². The molecule has 0 aromatic heterocycles. The highest BCUT2D eigenvalue weighted by Gasteiger charge is 2.27. The van der Waals surface area contributed by atoms with Crippen molar-refractivity contribution in [1.82, 2.24) is 4.72 Å². The molecule has 1 aliphatic rings. The Morgan fingerprint density at radius 3 is 2.29 bits per heavy atom. The van der Waals surface area contributed by atoms with E-state index in [2.05, 4.69) is 14.8 Å². The highest BCUT2D eigenvalue weighted by Crippen LogP contribution is 2.23. The molecule has 1 fully saturated rings. The molecule has 8 nitrogen and oxygen atoms in total. The number of hydrogen-bond donors (Lipinski definition) is 3. The molecule has 10 heteroatoms. The van der Waals surface area contributed by atoms with Crippen molar-refractivity contribution in [1.29, 1.82) is 0 Å². The Morgan fingerprint density at radius 1 is 1.03 bits per heavy atom. The van der Waals surface area contributed by atoms with Crippen molar-refractivity contribution in [3.63, 3.8) is 0 Å². The lowest BCUT2D eigenvalue weighted by Crippen LogP contribution is -2.25. The van der Waals surface area contributed by atoms with Crippen molar-refractivity contribution in [2.24, 2.45) is 0 Å². The van der Waals surface area contributed by atoms with Crippen molar-refractivity contribution in [3.8, 4) is 0 Å². The first-order valence-electron chi connectivity index (χ1n) is 10.1. The first-order chi connectivity index (χ1) is 14.6. The average molecular weight is 466 g/mol. The monoisotopic (exact) mass is 465 g/mol. The second-order valence-electron chi connectivity index (χ2n) is 7.62. The molecule has 2 aromatic carbocycles. The molecule has 1 amide bonds. The van der Waals surface area contributed by atoms with Crippen LogP contribution in [-0.2, 0) is 31.3 Å². The maximum atomic E-state index is 12.3. The van der Waals surface area contributed by atoms with Crippen LogP contribution in [0.15, 0.2) is 47.4 Å². The predicted octanol–water partition coefficient (Wildman–Crippen LogP) is 2.77. The molecule has 0 aliphatic heterocycles. The van der Waals surface area contributed by atoms with Crippen LogP contribution in [-0.4, -0.2) is 34.5 Å². The van der Waals surface area contributed by atoms with E-state index in [0.717, 1.165) is 18.4 Å². The van der Waals surface area contributed by atoms with Gasteiger partial charge in [0.25, 0.3) is 0 Å². The van der Waals surface area contributed by atoms with Gasteiger partial charge in [-0.15, -0.1) is 0 Å². The molecule has 3 rings (SSSR count). The fourth-order valence-corrected chi connectivity index (χ4v) is 4.91. The van der Waals surface area contributed by atoms with E-state index in [4.69, 9.17) is 0 Å². The third-order valence-corrected chi connectivity index (χ3v) is 7.76. The number of carbonyl (C=O) groups is 1. The molecule has 3 N–H and O–H groups in total. The molecule has 0 saturated heterocycles. The molecule has 2 aromatic rings. The summed E-state index contributed by atoms with van der Waals surface area (Å²) in [5, 5.41) is 2.80. The average Bonchev–Trinajstić information content (AvgIpc) is 3.52. The Hall–Kier alpha value is -2.43. The molecule has 1 saturated carbocycles. The van der Waals surface area contributed by atoms with Crippen LogP contribution >= 0.6 is 0 Å². The Bertz CT molecular complexity index is 1160. The minimum Gasteiger partial charge on any atom is -0.326 e. The SMILES string of the molecule is CCS(=O)(=O)Nc1ccc(NC(=O)CCc2ccc(S(=O)(=O)NC3CC3)cc2)cc1C. The summed E-state index contributed by atoms with van der Waals surface area (Å²) < 4.78 is 53.0. The lowest BCUT2D eigenvalue weighted by atomic mass is 10.1. The summed E-state index contributed by atoms with van der Waals surface area (Å²) >= 11 is 0. The topological polar surface area (TPSA) is 121 Å². The van der Waals surface area contributed by atoms with Crippen molar-refractivity contribution in [2.75, 3.05) is 15.8 Å². The number of rotatable bonds is 10. The molecule has 31 heavy (non-hydrogen) atoms. The standard InChI is InChI=1S/C21H27N3O5S2/c1-3-30(26,27)24-20-12-9-18(14-15(20)2)22-21(25)13-6-16-4-10-19(11-5-16)31(28,29)23-17-7-8-17/h4-5,9-12,14,17,23-24H,3,6-8,13H2,1-2H3,(H,22,25). The lowest BCUT2D eigenvalue weighted by Gasteiger charge is -2.12. The molecule has 0 atom stereocenters. The van der Waals surface area contributed by atoms with Crippen LogP contribution in [0.4, 0.5) is 11.4 Å². The van der Waals surface area contributed by atoms with Crippen LogP contribution in [0.5, 0.6) is 0 Å². The number of anilines is 2. The maximum Gasteiger partial charge on any atom is 0.240 e. The van der Waals surface area contributed by atoms with Gasteiger partial charge >= 0.3 is 0 Å². The Balaban J connectivity index is 1.53. The van der Waals surface area contributed by atoms with Gasteiger partial charge in [0.1, 0.15) is 0 Å². The predicted molar refractivity (Wildman–Crippen MR) is 121 cm³/mol. The third kappa shape index (κ3) is 6.78. The van der Waals surface area contributed by atoms with Crippen LogP contribution < -0.4 is 14.8 Å². The first kappa shape index (κ1) is 23.2. The summed E-state index contributed by atoms with van der Waals surface area (Å²) in [6.45, 7) is 3.32. The highest BCUT2D eigenvalue weighted by molar-refractivity contribution is 7.92. The summed E-state index contributed by atoms with van der Waals surface area (Å²) in [5.74, 6) is -0.206. The molecule has 0 bridgehead atoms. The number of amides is 1. The molecule has 0 heterocycles. The zero-order chi connectivity index (χ0) is 22.6. The van der Waals surface area contributed by atoms with Gasteiger partial charge in [-0.05, 0) is 74.6 Å². The summed E-state index contributed by atoms with van der Waals surface area (Å²) in [6, 6.07) is 11.6. The zero-order valence-corrected chi connectivity index (χ0v) is 19.1. The van der Waals surface area contributed by atoms with E-state index in [9.17, 15) is 21.6 Å². The molecule has 0 spiro atoms. The lowest BCUT2D eigenvalue weighted by molar-refractivity contribution is -0.116. The summed E-state index contributed by atoms with van der Waals surface area (Å²) in [7, 11) is -6.84. The van der Waals surface area contributed by atoms with Gasteiger partial charge in [-0.3, -0.25) is 9.52 Å². The van der Waals surface area contributed by atoms with E-state index in [0.29, 0.717) is 23.4 Å². The Morgan fingerprint density at radius 2 is 1.71 bits per heavy atom. The van der Waals surface area contributed by atoms with E-state index < -0.39 is 20.0 Å². The fourth-order valence-electron chi connectivity index (χ4n) is 2.90. The van der Waals surface area contributed by atoms with E-state index in [1.54, 1.807) is 56.3 Å². The van der Waals surface area contributed by atoms with Crippen LogP contribution in [0.2, 0.25) is 0 Å². The maximum absolute atomic E-state index is 12.3. The number of hydrogen-bond acceptors (Lipinski definition) is 5. The van der Waals surface area contributed by atoms with Crippen molar-refractivity contribution in [2.45, 2.75) is 50.5 Å². The number of sulfonamides is 2. The van der Waals surface area contributed by atoms with Crippen LogP contribution in [0, 0.1) is 6.92 Å². The van der Waals surface area contributed by atoms with E-state index in [1.807, 2.05) is 0 Å². The highest BCUT2D eigenvalue weighted by atomic mass is 32.2. The summed E-state index contributed by atoms with van der Waals surface area (Å²) in [4.78, 5) is 12.5. The third-order valence-electron chi connectivity index (χ3n) is 4.93. The minimum absolute atomic E-state index is 0.0190. The second-order valence-corrected chi connectivity index (χ2v) is 11.3. The largest absolute Gasteiger partial charge is 0.326 e. The molecule has 0 unspecified atom stereocenters. The number of carbonyl (C=O) groups excluding carboxylic acids is 1. The second kappa shape index (κ2) is 9.37. The number of benzene rings is 2. The fraction of sp³-hybridized carbons (Fsp3) is 0.381. The zero-order valence-electron chi connectivity index (χ0n) is 17.5. The van der Waals surface area contributed by atoms with Gasteiger partial charge in [0.05, 0.1) is 16.3 Å². The van der Waals surface area contributed by atoms with Gasteiger partial charge in [-0.25, -0.2) is 21.6 Å². The van der Waals surface area contributed by atoms with E-state index in [1.165, 1.54) is 0 Å².